The molecule has 1 aromatic heterocycles. The van der Waals surface area contributed by atoms with Crippen LogP contribution in [0.1, 0.15) is 17.5 Å². The molecule has 3 rings (SSSR count). The van der Waals surface area contributed by atoms with E-state index in [2.05, 4.69) is 23.5 Å². The highest BCUT2D eigenvalue weighted by atomic mass is 16.3. The second-order valence-corrected chi connectivity index (χ2v) is 5.56. The summed E-state index contributed by atoms with van der Waals surface area (Å²) in [5, 5.41) is 14.5. The molecule has 0 aliphatic carbocycles. The van der Waals surface area contributed by atoms with Crippen molar-refractivity contribution in [1.82, 2.24) is 5.32 Å². The molecule has 0 fully saturated rings. The lowest BCUT2D eigenvalue weighted by atomic mass is 10.1. The summed E-state index contributed by atoms with van der Waals surface area (Å²) in [6, 6.07) is 18.3. The van der Waals surface area contributed by atoms with E-state index in [1.54, 1.807) is 6.26 Å². The van der Waals surface area contributed by atoms with Gasteiger partial charge in [0.2, 0.25) is 0 Å². The zero-order valence-electron chi connectivity index (χ0n) is 12.5. The van der Waals surface area contributed by atoms with E-state index in [-0.39, 0.29) is 6.10 Å². The van der Waals surface area contributed by atoms with Crippen LogP contribution in [0.5, 0.6) is 0 Å². The molecule has 2 N–H and O–H groups in total. The molecule has 0 spiro atoms. The van der Waals surface area contributed by atoms with Crippen LogP contribution in [0, 0.1) is 0 Å². The zero-order chi connectivity index (χ0) is 15.2. The van der Waals surface area contributed by atoms with Gasteiger partial charge in [-0.15, -0.1) is 0 Å². The van der Waals surface area contributed by atoms with Gasteiger partial charge in [0.25, 0.3) is 0 Å². The maximum absolute atomic E-state index is 10.1. The van der Waals surface area contributed by atoms with E-state index in [4.69, 9.17) is 4.42 Å². The first kappa shape index (κ1) is 14.8. The number of aliphatic hydroxyl groups is 1. The molecule has 0 radical (unpaired) electrons. The second kappa shape index (κ2) is 7.25. The van der Waals surface area contributed by atoms with Crippen LogP contribution >= 0.6 is 0 Å². The standard InChI is InChI=1S/C19H21NO2/c21-17(10-9-15-5-2-1-3-6-15)14-20-13-16-7-4-8-19-18(16)11-12-22-19/h1-8,11-12,17,20-21H,9-10,13-14H2. The van der Waals surface area contributed by atoms with E-state index < -0.39 is 0 Å². The Bertz CT molecular complexity index is 706. The van der Waals surface area contributed by atoms with Crippen LogP contribution in [-0.4, -0.2) is 17.8 Å². The predicted molar refractivity (Wildman–Crippen MR) is 88.7 cm³/mol. The van der Waals surface area contributed by atoms with Crippen LogP contribution in [0.4, 0.5) is 0 Å². The lowest BCUT2D eigenvalue weighted by Crippen LogP contribution is -2.26. The molecule has 1 atom stereocenters. The van der Waals surface area contributed by atoms with E-state index in [9.17, 15) is 5.11 Å². The van der Waals surface area contributed by atoms with Gasteiger partial charge in [-0.25, -0.2) is 0 Å². The molecule has 0 aliphatic heterocycles. The Morgan fingerprint density at radius 3 is 2.73 bits per heavy atom. The summed E-state index contributed by atoms with van der Waals surface area (Å²) < 4.78 is 5.40. The summed E-state index contributed by atoms with van der Waals surface area (Å²) in [6.07, 6.45) is 3.06. The first-order valence-electron chi connectivity index (χ1n) is 7.71. The van der Waals surface area contributed by atoms with E-state index in [1.807, 2.05) is 36.4 Å². The number of furan rings is 1. The fourth-order valence-electron chi connectivity index (χ4n) is 2.66. The molecule has 3 aromatic rings. The maximum atomic E-state index is 10.1. The largest absolute Gasteiger partial charge is 0.464 e. The van der Waals surface area contributed by atoms with Gasteiger partial charge in [-0.05, 0) is 36.1 Å². The fourth-order valence-corrected chi connectivity index (χ4v) is 2.66. The average molecular weight is 295 g/mol. The minimum atomic E-state index is -0.330. The lowest BCUT2D eigenvalue weighted by molar-refractivity contribution is 0.161. The molecule has 3 heteroatoms. The Kier molecular flexibility index (Phi) is 4.88. The smallest absolute Gasteiger partial charge is 0.134 e. The molecular formula is C19H21NO2. The van der Waals surface area contributed by atoms with Gasteiger partial charge < -0.3 is 14.8 Å². The average Bonchev–Trinajstić information content (AvgIpc) is 3.03. The van der Waals surface area contributed by atoms with Crippen molar-refractivity contribution in [1.29, 1.82) is 0 Å². The molecule has 114 valence electrons. The van der Waals surface area contributed by atoms with Crippen LogP contribution < -0.4 is 5.32 Å². The highest BCUT2D eigenvalue weighted by molar-refractivity contribution is 5.80. The minimum Gasteiger partial charge on any atom is -0.464 e. The number of nitrogens with one attached hydrogen (secondary N) is 1. The summed E-state index contributed by atoms with van der Waals surface area (Å²) in [7, 11) is 0. The highest BCUT2D eigenvalue weighted by Gasteiger charge is 2.06. The summed E-state index contributed by atoms with van der Waals surface area (Å²) in [6.45, 7) is 1.33. The van der Waals surface area contributed by atoms with Gasteiger partial charge in [-0.3, -0.25) is 0 Å². The molecule has 0 aliphatic rings. The summed E-state index contributed by atoms with van der Waals surface area (Å²) in [5.41, 5.74) is 3.37. The Morgan fingerprint density at radius 2 is 1.86 bits per heavy atom. The predicted octanol–water partition coefficient (Wildman–Crippen LogP) is 3.52. The number of aliphatic hydroxyl groups excluding tert-OH is 1. The molecule has 3 nitrogen and oxygen atoms in total. The molecular weight excluding hydrogens is 274 g/mol. The Balaban J connectivity index is 1.45. The van der Waals surface area contributed by atoms with Gasteiger partial charge in [0.15, 0.2) is 0 Å². The molecule has 0 amide bonds. The molecule has 1 heterocycles. The summed E-state index contributed by atoms with van der Waals surface area (Å²) in [5.74, 6) is 0. The summed E-state index contributed by atoms with van der Waals surface area (Å²) >= 11 is 0. The minimum absolute atomic E-state index is 0.330. The quantitative estimate of drug-likeness (QED) is 0.701. The Labute approximate surface area is 130 Å². The van der Waals surface area contributed by atoms with Crippen LogP contribution in [-0.2, 0) is 13.0 Å². The van der Waals surface area contributed by atoms with Crippen LogP contribution in [0.15, 0.2) is 65.3 Å². The normalized spacial score (nSPS) is 12.6. The van der Waals surface area contributed by atoms with Crippen LogP contribution in [0.2, 0.25) is 0 Å². The Morgan fingerprint density at radius 1 is 1.00 bits per heavy atom. The number of fused-ring (bicyclic) bond motifs is 1. The van der Waals surface area contributed by atoms with E-state index in [0.717, 1.165) is 30.4 Å². The monoisotopic (exact) mass is 295 g/mol. The number of benzene rings is 2. The van der Waals surface area contributed by atoms with Crippen molar-refractivity contribution in [2.45, 2.75) is 25.5 Å². The molecule has 0 bridgehead atoms. The van der Waals surface area contributed by atoms with Crippen molar-refractivity contribution in [2.24, 2.45) is 0 Å². The molecule has 0 saturated carbocycles. The van der Waals surface area contributed by atoms with Gasteiger partial charge in [0.05, 0.1) is 12.4 Å². The van der Waals surface area contributed by atoms with Gasteiger partial charge in [0.1, 0.15) is 5.58 Å². The van der Waals surface area contributed by atoms with Gasteiger partial charge >= 0.3 is 0 Å². The van der Waals surface area contributed by atoms with Crippen molar-refractivity contribution in [3.63, 3.8) is 0 Å². The van der Waals surface area contributed by atoms with Crippen LogP contribution in [0.3, 0.4) is 0 Å². The third-order valence-electron chi connectivity index (χ3n) is 3.89. The third kappa shape index (κ3) is 3.75. The van der Waals surface area contributed by atoms with Crippen molar-refractivity contribution in [2.75, 3.05) is 6.54 Å². The van der Waals surface area contributed by atoms with Gasteiger partial charge in [-0.1, -0.05) is 42.5 Å². The van der Waals surface area contributed by atoms with Gasteiger partial charge in [-0.2, -0.15) is 0 Å². The van der Waals surface area contributed by atoms with E-state index in [0.29, 0.717) is 6.54 Å². The van der Waals surface area contributed by atoms with Crippen molar-refractivity contribution >= 4 is 11.0 Å². The molecule has 1 unspecified atom stereocenters. The topological polar surface area (TPSA) is 45.4 Å². The Hall–Kier alpha value is -2.10. The lowest BCUT2D eigenvalue weighted by Gasteiger charge is -2.12. The number of rotatable bonds is 7. The van der Waals surface area contributed by atoms with Gasteiger partial charge in [0, 0.05) is 18.5 Å². The number of aryl methyl sites for hydroxylation is 1. The molecule has 22 heavy (non-hydrogen) atoms. The summed E-state index contributed by atoms with van der Waals surface area (Å²) in [4.78, 5) is 0. The fraction of sp³-hybridized carbons (Fsp3) is 0.263. The molecule has 2 aromatic carbocycles. The first-order valence-corrected chi connectivity index (χ1v) is 7.71. The van der Waals surface area contributed by atoms with Crippen LogP contribution in [0.25, 0.3) is 11.0 Å². The third-order valence-corrected chi connectivity index (χ3v) is 3.89. The second-order valence-electron chi connectivity index (χ2n) is 5.56. The first-order chi connectivity index (χ1) is 10.8. The zero-order valence-corrected chi connectivity index (χ0v) is 12.5. The molecule has 0 saturated heterocycles. The number of hydrogen-bond acceptors (Lipinski definition) is 3. The van der Waals surface area contributed by atoms with Crippen molar-refractivity contribution < 1.29 is 9.52 Å². The SMILES string of the molecule is OC(CCc1ccccc1)CNCc1cccc2occc12. The number of hydrogen-bond donors (Lipinski definition) is 2. The highest BCUT2D eigenvalue weighted by Crippen LogP contribution is 2.19. The van der Waals surface area contributed by atoms with Crippen molar-refractivity contribution in [3.8, 4) is 0 Å². The maximum Gasteiger partial charge on any atom is 0.134 e. The van der Waals surface area contributed by atoms with E-state index in [1.165, 1.54) is 11.1 Å². The van der Waals surface area contributed by atoms with E-state index >= 15 is 0 Å². The van der Waals surface area contributed by atoms with Crippen molar-refractivity contribution in [3.05, 3.63) is 72.0 Å².